The van der Waals surface area contributed by atoms with Crippen molar-refractivity contribution in [2.24, 2.45) is 0 Å². The third kappa shape index (κ3) is 2.54. The molecule has 0 aliphatic heterocycles. The molecule has 8 nitrogen and oxygen atoms in total. The standard InChI is InChI=1S/C9H11N7O/c1-10-7-2-3-11-4-6(7)9(17)12-5-8-13-15-16-14-8/h2-4H,5H2,1H3,(H,10,11)(H,12,17)(H,13,14,15,16). The normalized spacial score (nSPS) is 9.94. The molecule has 0 radical (unpaired) electrons. The zero-order valence-electron chi connectivity index (χ0n) is 9.14. The van der Waals surface area contributed by atoms with Crippen LogP contribution in [0.5, 0.6) is 0 Å². The van der Waals surface area contributed by atoms with Crippen LogP contribution in [0.4, 0.5) is 5.69 Å². The number of carbonyl (C=O) groups is 1. The summed E-state index contributed by atoms with van der Waals surface area (Å²) in [5.74, 6) is 0.181. The van der Waals surface area contributed by atoms with Crippen molar-refractivity contribution >= 4 is 11.6 Å². The van der Waals surface area contributed by atoms with Gasteiger partial charge < -0.3 is 10.6 Å². The van der Waals surface area contributed by atoms with Crippen LogP contribution in [-0.4, -0.2) is 38.6 Å². The van der Waals surface area contributed by atoms with Gasteiger partial charge in [-0.25, -0.2) is 0 Å². The van der Waals surface area contributed by atoms with Gasteiger partial charge in [-0.1, -0.05) is 5.21 Å². The lowest BCUT2D eigenvalue weighted by atomic mass is 10.2. The lowest BCUT2D eigenvalue weighted by Gasteiger charge is -2.07. The summed E-state index contributed by atoms with van der Waals surface area (Å²) in [4.78, 5) is 15.8. The van der Waals surface area contributed by atoms with Crippen molar-refractivity contribution in [2.75, 3.05) is 12.4 Å². The van der Waals surface area contributed by atoms with E-state index in [4.69, 9.17) is 0 Å². The Morgan fingerprint density at radius 1 is 1.53 bits per heavy atom. The molecule has 0 atom stereocenters. The number of H-pyrrole nitrogens is 1. The Kier molecular flexibility index (Phi) is 3.24. The summed E-state index contributed by atoms with van der Waals surface area (Å²) in [6, 6.07) is 1.73. The number of carbonyl (C=O) groups excluding carboxylic acids is 1. The molecule has 2 heterocycles. The molecule has 0 aromatic carbocycles. The lowest BCUT2D eigenvalue weighted by molar-refractivity contribution is 0.0950. The van der Waals surface area contributed by atoms with Gasteiger partial charge in [-0.2, -0.15) is 5.21 Å². The number of hydrogen-bond acceptors (Lipinski definition) is 6. The van der Waals surface area contributed by atoms with E-state index in [0.717, 1.165) is 0 Å². The molecule has 0 saturated heterocycles. The third-order valence-corrected chi connectivity index (χ3v) is 2.13. The van der Waals surface area contributed by atoms with Crippen molar-refractivity contribution in [3.05, 3.63) is 29.8 Å². The van der Waals surface area contributed by atoms with Gasteiger partial charge in [-0.05, 0) is 6.07 Å². The molecule has 3 N–H and O–H groups in total. The number of aromatic amines is 1. The molecule has 1 amide bonds. The van der Waals surface area contributed by atoms with Crippen LogP contribution >= 0.6 is 0 Å². The summed E-state index contributed by atoms with van der Waals surface area (Å²) in [5.41, 5.74) is 1.18. The Morgan fingerprint density at radius 2 is 2.41 bits per heavy atom. The van der Waals surface area contributed by atoms with E-state index in [-0.39, 0.29) is 12.5 Å². The Hall–Kier alpha value is -2.51. The van der Waals surface area contributed by atoms with Crippen molar-refractivity contribution < 1.29 is 4.79 Å². The monoisotopic (exact) mass is 233 g/mol. The minimum atomic E-state index is -0.243. The first kappa shape index (κ1) is 11.0. The highest BCUT2D eigenvalue weighted by Gasteiger charge is 2.10. The van der Waals surface area contributed by atoms with E-state index >= 15 is 0 Å². The summed E-state index contributed by atoms with van der Waals surface area (Å²) < 4.78 is 0. The summed E-state index contributed by atoms with van der Waals surface area (Å²) in [5, 5.41) is 18.8. The SMILES string of the molecule is CNc1ccncc1C(=O)NCc1nn[nH]n1. The molecule has 0 aliphatic rings. The molecular weight excluding hydrogens is 222 g/mol. The molecule has 0 bridgehead atoms. The first-order valence-corrected chi connectivity index (χ1v) is 4.93. The Balaban J connectivity index is 2.04. The minimum Gasteiger partial charge on any atom is -0.387 e. The molecule has 2 rings (SSSR count). The molecule has 0 spiro atoms. The van der Waals surface area contributed by atoms with Gasteiger partial charge in [0.15, 0.2) is 5.82 Å². The maximum absolute atomic E-state index is 11.8. The molecule has 0 saturated carbocycles. The van der Waals surface area contributed by atoms with Gasteiger partial charge in [0.25, 0.3) is 5.91 Å². The second kappa shape index (κ2) is 5.01. The molecule has 0 unspecified atom stereocenters. The van der Waals surface area contributed by atoms with Crippen molar-refractivity contribution in [2.45, 2.75) is 6.54 Å². The van der Waals surface area contributed by atoms with Crippen molar-refractivity contribution in [3.8, 4) is 0 Å². The van der Waals surface area contributed by atoms with Crippen LogP contribution in [0.1, 0.15) is 16.2 Å². The molecule has 8 heteroatoms. The number of nitrogens with one attached hydrogen (secondary N) is 3. The van der Waals surface area contributed by atoms with Crippen LogP contribution in [0.15, 0.2) is 18.5 Å². The second-order valence-corrected chi connectivity index (χ2v) is 3.18. The predicted molar refractivity (Wildman–Crippen MR) is 59.1 cm³/mol. The number of tetrazole rings is 1. The van der Waals surface area contributed by atoms with Crippen LogP contribution in [0.2, 0.25) is 0 Å². The number of hydrogen-bond donors (Lipinski definition) is 3. The Morgan fingerprint density at radius 3 is 3.12 bits per heavy atom. The predicted octanol–water partition coefficient (Wildman–Crippen LogP) is -0.434. The lowest BCUT2D eigenvalue weighted by Crippen LogP contribution is -2.24. The summed E-state index contributed by atoms with van der Waals surface area (Å²) in [6.07, 6.45) is 3.11. The number of aromatic nitrogens is 5. The van der Waals surface area contributed by atoms with E-state index in [9.17, 15) is 4.79 Å². The summed E-state index contributed by atoms with van der Waals surface area (Å²) in [7, 11) is 1.74. The van der Waals surface area contributed by atoms with Gasteiger partial charge in [0.1, 0.15) is 0 Å². The average Bonchev–Trinajstić information content (AvgIpc) is 2.89. The number of pyridine rings is 1. The summed E-state index contributed by atoms with van der Waals surface area (Å²) in [6.45, 7) is 0.216. The van der Waals surface area contributed by atoms with E-state index in [1.54, 1.807) is 19.3 Å². The zero-order valence-corrected chi connectivity index (χ0v) is 9.14. The fourth-order valence-electron chi connectivity index (χ4n) is 1.31. The van der Waals surface area contributed by atoms with Crippen LogP contribution in [0.25, 0.3) is 0 Å². The smallest absolute Gasteiger partial charge is 0.255 e. The van der Waals surface area contributed by atoms with Gasteiger partial charge in [-0.15, -0.1) is 10.2 Å². The molecule has 2 aromatic heterocycles. The highest BCUT2D eigenvalue weighted by atomic mass is 16.1. The third-order valence-electron chi connectivity index (χ3n) is 2.13. The fourth-order valence-corrected chi connectivity index (χ4v) is 1.31. The van der Waals surface area contributed by atoms with Crippen molar-refractivity contribution in [1.29, 1.82) is 0 Å². The van der Waals surface area contributed by atoms with Crippen molar-refractivity contribution in [1.82, 2.24) is 30.9 Å². The fraction of sp³-hybridized carbons (Fsp3) is 0.222. The highest BCUT2D eigenvalue weighted by molar-refractivity contribution is 5.99. The molecule has 2 aromatic rings. The topological polar surface area (TPSA) is 108 Å². The zero-order chi connectivity index (χ0) is 12.1. The maximum Gasteiger partial charge on any atom is 0.255 e. The van der Waals surface area contributed by atoms with Crippen LogP contribution < -0.4 is 10.6 Å². The van der Waals surface area contributed by atoms with Crippen LogP contribution in [0, 0.1) is 0 Å². The molecule has 0 aliphatic carbocycles. The maximum atomic E-state index is 11.8. The number of amides is 1. The molecule has 0 fully saturated rings. The highest BCUT2D eigenvalue weighted by Crippen LogP contribution is 2.11. The van der Waals surface area contributed by atoms with E-state index < -0.39 is 0 Å². The number of rotatable bonds is 4. The van der Waals surface area contributed by atoms with E-state index in [1.807, 2.05) is 0 Å². The first-order valence-electron chi connectivity index (χ1n) is 4.93. The van der Waals surface area contributed by atoms with Gasteiger partial charge >= 0.3 is 0 Å². The van der Waals surface area contributed by atoms with Crippen LogP contribution in [0.3, 0.4) is 0 Å². The second-order valence-electron chi connectivity index (χ2n) is 3.18. The van der Waals surface area contributed by atoms with Gasteiger partial charge in [-0.3, -0.25) is 9.78 Å². The first-order chi connectivity index (χ1) is 8.31. The van der Waals surface area contributed by atoms with Gasteiger partial charge in [0, 0.05) is 25.1 Å². The Labute approximate surface area is 96.8 Å². The van der Waals surface area contributed by atoms with E-state index in [0.29, 0.717) is 17.1 Å². The average molecular weight is 233 g/mol. The van der Waals surface area contributed by atoms with Gasteiger partial charge in [0.2, 0.25) is 0 Å². The molecule has 88 valence electrons. The molecular formula is C9H11N7O. The number of nitrogens with zero attached hydrogens (tertiary/aromatic N) is 4. The Bertz CT molecular complexity index is 496. The summed E-state index contributed by atoms with van der Waals surface area (Å²) >= 11 is 0. The van der Waals surface area contributed by atoms with Gasteiger partial charge in [0.05, 0.1) is 12.1 Å². The van der Waals surface area contributed by atoms with E-state index in [1.165, 1.54) is 6.20 Å². The largest absolute Gasteiger partial charge is 0.387 e. The van der Waals surface area contributed by atoms with Crippen LogP contribution in [-0.2, 0) is 6.54 Å². The van der Waals surface area contributed by atoms with Crippen molar-refractivity contribution in [3.63, 3.8) is 0 Å². The number of anilines is 1. The quantitative estimate of drug-likeness (QED) is 0.661. The molecule has 17 heavy (non-hydrogen) atoms. The van der Waals surface area contributed by atoms with E-state index in [2.05, 4.69) is 36.2 Å². The minimum absolute atomic E-state index is 0.216.